The molecular weight excluding hydrogens is 320 g/mol. The maximum Gasteiger partial charge on any atom is 0.259 e. The lowest BCUT2D eigenvalue weighted by molar-refractivity contribution is -0.115. The van der Waals surface area contributed by atoms with Gasteiger partial charge in [0.05, 0.1) is 12.2 Å². The fourth-order valence-corrected chi connectivity index (χ4v) is 2.14. The van der Waals surface area contributed by atoms with E-state index in [-0.39, 0.29) is 11.8 Å². The summed E-state index contributed by atoms with van der Waals surface area (Å²) in [5.74, 6) is 0.125. The molecule has 0 aliphatic carbocycles. The molecule has 2 N–H and O–H groups in total. The molecule has 0 heterocycles. The van der Waals surface area contributed by atoms with Gasteiger partial charge in [-0.3, -0.25) is 9.59 Å². The summed E-state index contributed by atoms with van der Waals surface area (Å²) in [6.07, 6.45) is 0.392. The molecule has 0 aliphatic heterocycles. The average Bonchev–Trinajstić information content (AvgIpc) is 2.62. The molecule has 6 nitrogen and oxygen atoms in total. The van der Waals surface area contributed by atoms with E-state index >= 15 is 0 Å². The molecule has 132 valence electrons. The summed E-state index contributed by atoms with van der Waals surface area (Å²) in [6, 6.07) is 14.0. The van der Waals surface area contributed by atoms with Gasteiger partial charge >= 0.3 is 0 Å². The van der Waals surface area contributed by atoms with Gasteiger partial charge in [-0.2, -0.15) is 0 Å². The first-order chi connectivity index (χ1) is 12.1. The Kier molecular flexibility index (Phi) is 6.98. The number of rotatable bonds is 8. The van der Waals surface area contributed by atoms with Crippen LogP contribution in [0, 0.1) is 0 Å². The molecule has 0 bridgehead atoms. The summed E-state index contributed by atoms with van der Waals surface area (Å²) in [7, 11) is 1.59. The van der Waals surface area contributed by atoms with Crippen LogP contribution in [0.15, 0.2) is 48.5 Å². The van der Waals surface area contributed by atoms with E-state index < -0.39 is 0 Å². The standard InChI is InChI=1S/C19H22N2O4/c1-3-18(22)20-14-7-6-8-15(13-14)21-19(23)16-9-4-5-10-17(16)25-12-11-24-2/h4-10,13H,3,11-12H2,1-2H3,(H,20,22)(H,21,23). The number of ether oxygens (including phenoxy) is 2. The van der Waals surface area contributed by atoms with Crippen LogP contribution < -0.4 is 15.4 Å². The molecule has 0 fully saturated rings. The lowest BCUT2D eigenvalue weighted by Crippen LogP contribution is -2.15. The van der Waals surface area contributed by atoms with E-state index in [1.165, 1.54) is 0 Å². The Hall–Kier alpha value is -2.86. The Morgan fingerprint density at radius 2 is 1.68 bits per heavy atom. The molecule has 6 heteroatoms. The molecule has 2 amide bonds. The summed E-state index contributed by atoms with van der Waals surface area (Å²) in [4.78, 5) is 24.0. The van der Waals surface area contributed by atoms with Crippen LogP contribution in [0.1, 0.15) is 23.7 Å². The Labute approximate surface area is 147 Å². The summed E-state index contributed by atoms with van der Waals surface area (Å²) in [5, 5.41) is 5.58. The van der Waals surface area contributed by atoms with Crippen molar-refractivity contribution in [3.8, 4) is 5.75 Å². The highest BCUT2D eigenvalue weighted by atomic mass is 16.5. The van der Waals surface area contributed by atoms with Crippen LogP contribution >= 0.6 is 0 Å². The van der Waals surface area contributed by atoms with Crippen LogP contribution in [0.3, 0.4) is 0 Å². The fourth-order valence-electron chi connectivity index (χ4n) is 2.14. The van der Waals surface area contributed by atoms with Gasteiger partial charge in [0.1, 0.15) is 12.4 Å². The smallest absolute Gasteiger partial charge is 0.259 e. The number of amides is 2. The third kappa shape index (κ3) is 5.61. The molecule has 0 saturated carbocycles. The molecule has 0 aromatic heterocycles. The number of hydrogen-bond donors (Lipinski definition) is 2. The zero-order valence-corrected chi connectivity index (χ0v) is 14.4. The highest BCUT2D eigenvalue weighted by molar-refractivity contribution is 6.06. The van der Waals surface area contributed by atoms with Gasteiger partial charge in [-0.25, -0.2) is 0 Å². The average molecular weight is 342 g/mol. The molecule has 0 saturated heterocycles. The number of para-hydroxylation sites is 1. The Morgan fingerprint density at radius 3 is 2.40 bits per heavy atom. The lowest BCUT2D eigenvalue weighted by Gasteiger charge is -2.12. The second-order valence-electron chi connectivity index (χ2n) is 5.27. The monoisotopic (exact) mass is 342 g/mol. The lowest BCUT2D eigenvalue weighted by atomic mass is 10.1. The zero-order chi connectivity index (χ0) is 18.1. The maximum absolute atomic E-state index is 12.5. The van der Waals surface area contributed by atoms with Crippen molar-refractivity contribution in [1.29, 1.82) is 0 Å². The first kappa shape index (κ1) is 18.5. The largest absolute Gasteiger partial charge is 0.490 e. The number of methoxy groups -OCH3 is 1. The second-order valence-corrected chi connectivity index (χ2v) is 5.27. The molecule has 2 aromatic rings. The van der Waals surface area contributed by atoms with E-state index in [1.807, 2.05) is 0 Å². The first-order valence-electron chi connectivity index (χ1n) is 8.06. The Bertz CT molecular complexity index is 731. The minimum absolute atomic E-state index is 0.0830. The van der Waals surface area contributed by atoms with E-state index in [0.29, 0.717) is 42.3 Å². The Morgan fingerprint density at radius 1 is 0.960 bits per heavy atom. The molecule has 0 aliphatic rings. The fraction of sp³-hybridized carbons (Fsp3) is 0.263. The van der Waals surface area contributed by atoms with Gasteiger partial charge in [0.25, 0.3) is 5.91 Å². The number of carbonyl (C=O) groups is 2. The zero-order valence-electron chi connectivity index (χ0n) is 14.4. The van der Waals surface area contributed by atoms with E-state index in [1.54, 1.807) is 62.6 Å². The minimum Gasteiger partial charge on any atom is -0.490 e. The van der Waals surface area contributed by atoms with E-state index in [2.05, 4.69) is 10.6 Å². The number of nitrogens with one attached hydrogen (secondary N) is 2. The van der Waals surface area contributed by atoms with Crippen molar-refractivity contribution in [3.63, 3.8) is 0 Å². The van der Waals surface area contributed by atoms with Gasteiger partial charge in [-0.15, -0.1) is 0 Å². The second kappa shape index (κ2) is 9.44. The van der Waals surface area contributed by atoms with Gasteiger partial charge in [0.2, 0.25) is 5.91 Å². The third-order valence-corrected chi connectivity index (χ3v) is 3.40. The SMILES string of the molecule is CCC(=O)Nc1cccc(NC(=O)c2ccccc2OCCOC)c1. The number of hydrogen-bond acceptors (Lipinski definition) is 4. The van der Waals surface area contributed by atoms with Crippen molar-refractivity contribution >= 4 is 23.2 Å². The highest BCUT2D eigenvalue weighted by Gasteiger charge is 2.12. The number of anilines is 2. The van der Waals surface area contributed by atoms with E-state index in [4.69, 9.17) is 9.47 Å². The van der Waals surface area contributed by atoms with Crippen molar-refractivity contribution < 1.29 is 19.1 Å². The van der Waals surface area contributed by atoms with Gasteiger partial charge < -0.3 is 20.1 Å². The van der Waals surface area contributed by atoms with Crippen LogP contribution in [-0.4, -0.2) is 32.1 Å². The van der Waals surface area contributed by atoms with Crippen LogP contribution in [0.4, 0.5) is 11.4 Å². The minimum atomic E-state index is -0.285. The molecule has 0 unspecified atom stereocenters. The molecule has 2 aromatic carbocycles. The van der Waals surface area contributed by atoms with Gasteiger partial charge in [0.15, 0.2) is 0 Å². The van der Waals surface area contributed by atoms with Crippen LogP contribution in [-0.2, 0) is 9.53 Å². The normalized spacial score (nSPS) is 10.2. The molecule has 0 radical (unpaired) electrons. The van der Waals surface area contributed by atoms with Crippen molar-refractivity contribution in [1.82, 2.24) is 0 Å². The molecular formula is C19H22N2O4. The van der Waals surface area contributed by atoms with Crippen LogP contribution in [0.25, 0.3) is 0 Å². The summed E-state index contributed by atoms with van der Waals surface area (Å²) < 4.78 is 10.5. The highest BCUT2D eigenvalue weighted by Crippen LogP contribution is 2.21. The van der Waals surface area contributed by atoms with Crippen LogP contribution in [0.2, 0.25) is 0 Å². The quantitative estimate of drug-likeness (QED) is 0.722. The van der Waals surface area contributed by atoms with Crippen molar-refractivity contribution in [3.05, 3.63) is 54.1 Å². The summed E-state index contributed by atoms with van der Waals surface area (Å²) in [5.41, 5.74) is 1.65. The third-order valence-electron chi connectivity index (χ3n) is 3.40. The Balaban J connectivity index is 2.09. The summed E-state index contributed by atoms with van der Waals surface area (Å²) in [6.45, 7) is 2.58. The molecule has 0 spiro atoms. The van der Waals surface area contributed by atoms with E-state index in [9.17, 15) is 9.59 Å². The van der Waals surface area contributed by atoms with Gasteiger partial charge in [-0.05, 0) is 30.3 Å². The van der Waals surface area contributed by atoms with Gasteiger partial charge in [0, 0.05) is 24.9 Å². The molecule has 2 rings (SSSR count). The molecule has 25 heavy (non-hydrogen) atoms. The molecule has 0 atom stereocenters. The number of carbonyl (C=O) groups excluding carboxylic acids is 2. The number of benzene rings is 2. The maximum atomic E-state index is 12.5. The summed E-state index contributed by atoms with van der Waals surface area (Å²) >= 11 is 0. The van der Waals surface area contributed by atoms with Crippen molar-refractivity contribution in [2.24, 2.45) is 0 Å². The predicted octanol–water partition coefficient (Wildman–Crippen LogP) is 3.31. The van der Waals surface area contributed by atoms with Crippen LogP contribution in [0.5, 0.6) is 5.75 Å². The topological polar surface area (TPSA) is 76.7 Å². The van der Waals surface area contributed by atoms with Gasteiger partial charge in [-0.1, -0.05) is 25.1 Å². The van der Waals surface area contributed by atoms with Crippen molar-refractivity contribution in [2.75, 3.05) is 31.0 Å². The van der Waals surface area contributed by atoms with E-state index in [0.717, 1.165) is 0 Å². The predicted molar refractivity (Wildman–Crippen MR) is 97.1 cm³/mol. The van der Waals surface area contributed by atoms with Crippen molar-refractivity contribution in [2.45, 2.75) is 13.3 Å². The first-order valence-corrected chi connectivity index (χ1v) is 8.06.